The number of benzene rings is 2. The van der Waals surface area contributed by atoms with E-state index >= 15 is 0 Å². The van der Waals surface area contributed by atoms with Gasteiger partial charge in [-0.25, -0.2) is 13.1 Å². The topological polar surface area (TPSA) is 98.5 Å². The Kier molecular flexibility index (Phi) is 5.25. The molecule has 1 amide bonds. The Balaban J connectivity index is 2.19. The normalized spacial score (nSPS) is 11.2. The van der Waals surface area contributed by atoms with E-state index in [1.165, 1.54) is 31.4 Å². The van der Waals surface area contributed by atoms with Gasteiger partial charge in [-0.1, -0.05) is 23.7 Å². The minimum absolute atomic E-state index is 0.0405. The number of sulfonamides is 1. The molecule has 3 N–H and O–H groups in total. The quantitative estimate of drug-likeness (QED) is 0.828. The molecular formula is C15H15ClN2O4S. The van der Waals surface area contributed by atoms with Crippen LogP contribution in [0.2, 0.25) is 5.02 Å². The highest BCUT2D eigenvalue weighted by molar-refractivity contribution is 7.89. The molecule has 8 heteroatoms. The van der Waals surface area contributed by atoms with Crippen LogP contribution in [0.3, 0.4) is 0 Å². The third-order valence-electron chi connectivity index (χ3n) is 3.12. The fourth-order valence-corrected chi connectivity index (χ4v) is 3.35. The second-order valence-corrected chi connectivity index (χ2v) is 6.85. The van der Waals surface area contributed by atoms with Crippen molar-refractivity contribution in [1.82, 2.24) is 4.72 Å². The first-order valence-corrected chi connectivity index (χ1v) is 8.41. The minimum atomic E-state index is -3.80. The van der Waals surface area contributed by atoms with Gasteiger partial charge in [0.15, 0.2) is 0 Å². The minimum Gasteiger partial charge on any atom is -0.495 e. The van der Waals surface area contributed by atoms with Gasteiger partial charge in [0.2, 0.25) is 15.9 Å². The number of methoxy groups -OCH3 is 1. The molecule has 0 aliphatic rings. The summed E-state index contributed by atoms with van der Waals surface area (Å²) in [6.45, 7) is 0.0526. The summed E-state index contributed by atoms with van der Waals surface area (Å²) in [4.78, 5) is 11.0. The Labute approximate surface area is 139 Å². The van der Waals surface area contributed by atoms with Crippen LogP contribution in [-0.2, 0) is 16.6 Å². The number of hydrogen-bond donors (Lipinski definition) is 2. The first-order chi connectivity index (χ1) is 10.8. The Hall–Kier alpha value is -2.09. The van der Waals surface area contributed by atoms with Crippen molar-refractivity contribution in [3.8, 4) is 5.75 Å². The van der Waals surface area contributed by atoms with E-state index in [4.69, 9.17) is 22.1 Å². The Morgan fingerprint density at radius 3 is 2.43 bits per heavy atom. The molecule has 0 radical (unpaired) electrons. The van der Waals surface area contributed by atoms with Crippen molar-refractivity contribution < 1.29 is 17.9 Å². The second kappa shape index (κ2) is 6.99. The van der Waals surface area contributed by atoms with Gasteiger partial charge in [0.25, 0.3) is 0 Å². The number of amides is 1. The molecule has 0 heterocycles. The fraction of sp³-hybridized carbons (Fsp3) is 0.133. The zero-order chi connectivity index (χ0) is 17.0. The van der Waals surface area contributed by atoms with Crippen LogP contribution in [0.15, 0.2) is 47.4 Å². The molecule has 122 valence electrons. The zero-order valence-corrected chi connectivity index (χ0v) is 13.8. The third kappa shape index (κ3) is 4.22. The first kappa shape index (κ1) is 17.3. The van der Waals surface area contributed by atoms with Gasteiger partial charge >= 0.3 is 0 Å². The summed E-state index contributed by atoms with van der Waals surface area (Å²) in [5.74, 6) is -0.341. The molecule has 0 unspecified atom stereocenters. The van der Waals surface area contributed by atoms with Gasteiger partial charge in [0.1, 0.15) is 10.6 Å². The van der Waals surface area contributed by atoms with Crippen LogP contribution in [0, 0.1) is 0 Å². The summed E-state index contributed by atoms with van der Waals surface area (Å²) in [7, 11) is -2.42. The highest BCUT2D eigenvalue weighted by Gasteiger charge is 2.19. The maximum Gasteiger partial charge on any atom is 0.248 e. The van der Waals surface area contributed by atoms with Gasteiger partial charge in [0, 0.05) is 17.1 Å². The number of nitrogens with two attached hydrogens (primary N) is 1. The molecule has 0 aliphatic heterocycles. The van der Waals surface area contributed by atoms with Crippen molar-refractivity contribution in [3.63, 3.8) is 0 Å². The standard InChI is InChI=1S/C15H15ClN2O4S/c1-22-13-7-6-12(16)8-14(13)23(20,21)18-9-10-2-4-11(5-3-10)15(17)19/h2-8,18H,9H2,1H3,(H2,17,19). The van der Waals surface area contributed by atoms with Crippen LogP contribution in [0.5, 0.6) is 5.75 Å². The van der Waals surface area contributed by atoms with E-state index in [1.807, 2.05) is 0 Å². The van der Waals surface area contributed by atoms with Crippen LogP contribution >= 0.6 is 11.6 Å². The molecule has 0 saturated carbocycles. The Bertz CT molecular complexity index is 820. The lowest BCUT2D eigenvalue weighted by molar-refractivity contribution is 0.100. The van der Waals surface area contributed by atoms with Crippen LogP contribution in [0.4, 0.5) is 0 Å². The summed E-state index contributed by atoms with van der Waals surface area (Å²) in [5.41, 5.74) is 6.19. The summed E-state index contributed by atoms with van der Waals surface area (Å²) in [6.07, 6.45) is 0. The number of ether oxygens (including phenoxy) is 1. The highest BCUT2D eigenvalue weighted by Crippen LogP contribution is 2.26. The molecule has 2 aromatic carbocycles. The van der Waals surface area contributed by atoms with Gasteiger partial charge in [-0.3, -0.25) is 4.79 Å². The average molecular weight is 355 g/mol. The molecule has 2 aromatic rings. The lowest BCUT2D eigenvalue weighted by Crippen LogP contribution is -2.24. The molecule has 0 spiro atoms. The largest absolute Gasteiger partial charge is 0.495 e. The van der Waals surface area contributed by atoms with Crippen molar-refractivity contribution in [2.45, 2.75) is 11.4 Å². The molecule has 0 aliphatic carbocycles. The maximum atomic E-state index is 12.4. The van der Waals surface area contributed by atoms with E-state index in [1.54, 1.807) is 18.2 Å². The smallest absolute Gasteiger partial charge is 0.248 e. The van der Waals surface area contributed by atoms with Crippen molar-refractivity contribution in [2.75, 3.05) is 7.11 Å². The molecule has 0 atom stereocenters. The molecule has 0 fully saturated rings. The molecule has 23 heavy (non-hydrogen) atoms. The van der Waals surface area contributed by atoms with E-state index in [0.29, 0.717) is 11.1 Å². The van der Waals surface area contributed by atoms with Gasteiger partial charge in [-0.2, -0.15) is 0 Å². The molecule has 0 bridgehead atoms. The Morgan fingerprint density at radius 1 is 1.22 bits per heavy atom. The van der Waals surface area contributed by atoms with Crippen LogP contribution in [0.25, 0.3) is 0 Å². The van der Waals surface area contributed by atoms with Crippen molar-refractivity contribution in [2.24, 2.45) is 5.73 Å². The van der Waals surface area contributed by atoms with E-state index in [2.05, 4.69) is 4.72 Å². The number of carbonyl (C=O) groups excluding carboxylic acids is 1. The van der Waals surface area contributed by atoms with E-state index in [-0.39, 0.29) is 22.2 Å². The number of rotatable bonds is 6. The molecule has 2 rings (SSSR count). The van der Waals surface area contributed by atoms with E-state index in [9.17, 15) is 13.2 Å². The number of halogens is 1. The number of primary amides is 1. The van der Waals surface area contributed by atoms with Crippen molar-refractivity contribution in [1.29, 1.82) is 0 Å². The fourth-order valence-electron chi connectivity index (χ4n) is 1.90. The molecule has 0 saturated heterocycles. The monoisotopic (exact) mass is 354 g/mol. The third-order valence-corrected chi connectivity index (χ3v) is 4.78. The molecule has 0 aromatic heterocycles. The lowest BCUT2D eigenvalue weighted by atomic mass is 10.1. The van der Waals surface area contributed by atoms with Crippen LogP contribution in [-0.4, -0.2) is 21.4 Å². The second-order valence-electron chi connectivity index (χ2n) is 4.68. The van der Waals surface area contributed by atoms with E-state index < -0.39 is 15.9 Å². The lowest BCUT2D eigenvalue weighted by Gasteiger charge is -2.11. The van der Waals surface area contributed by atoms with Gasteiger partial charge < -0.3 is 10.5 Å². The number of carbonyl (C=O) groups is 1. The summed E-state index contributed by atoms with van der Waals surface area (Å²) in [6, 6.07) is 10.7. The maximum absolute atomic E-state index is 12.4. The van der Waals surface area contributed by atoms with Gasteiger partial charge in [-0.05, 0) is 35.9 Å². The van der Waals surface area contributed by atoms with Crippen molar-refractivity contribution in [3.05, 3.63) is 58.6 Å². The summed E-state index contributed by atoms with van der Waals surface area (Å²) < 4.78 is 32.3. The number of hydrogen-bond acceptors (Lipinski definition) is 4. The Morgan fingerprint density at radius 2 is 1.87 bits per heavy atom. The first-order valence-electron chi connectivity index (χ1n) is 6.55. The molecule has 6 nitrogen and oxygen atoms in total. The SMILES string of the molecule is COc1ccc(Cl)cc1S(=O)(=O)NCc1ccc(C(N)=O)cc1. The van der Waals surface area contributed by atoms with Gasteiger partial charge in [-0.15, -0.1) is 0 Å². The summed E-state index contributed by atoms with van der Waals surface area (Å²) in [5, 5.41) is 0.289. The van der Waals surface area contributed by atoms with E-state index in [0.717, 1.165) is 0 Å². The van der Waals surface area contributed by atoms with Gasteiger partial charge in [0.05, 0.1) is 7.11 Å². The predicted octanol–water partition coefficient (Wildman–Crippen LogP) is 1.93. The highest BCUT2D eigenvalue weighted by atomic mass is 35.5. The van der Waals surface area contributed by atoms with Crippen LogP contribution < -0.4 is 15.2 Å². The predicted molar refractivity (Wildman–Crippen MR) is 87.0 cm³/mol. The van der Waals surface area contributed by atoms with Crippen LogP contribution in [0.1, 0.15) is 15.9 Å². The molecular weight excluding hydrogens is 340 g/mol. The number of nitrogens with one attached hydrogen (secondary N) is 1. The summed E-state index contributed by atoms with van der Waals surface area (Å²) >= 11 is 5.85. The van der Waals surface area contributed by atoms with Crippen molar-refractivity contribution >= 4 is 27.5 Å². The average Bonchev–Trinajstić information content (AvgIpc) is 2.53. The zero-order valence-electron chi connectivity index (χ0n) is 12.2.